The molecule has 0 bridgehead atoms. The Morgan fingerprint density at radius 3 is 2.74 bits per heavy atom. The summed E-state index contributed by atoms with van der Waals surface area (Å²) in [5, 5.41) is 14.6. The molecule has 3 aromatic rings. The van der Waals surface area contributed by atoms with E-state index in [1.54, 1.807) is 24.6 Å². The number of fused-ring (bicyclic) bond motifs is 1. The second-order valence-corrected chi connectivity index (χ2v) is 11.0. The van der Waals surface area contributed by atoms with Crippen LogP contribution in [0.15, 0.2) is 36.0 Å². The molecule has 35 heavy (non-hydrogen) atoms. The Morgan fingerprint density at radius 2 is 2.03 bits per heavy atom. The number of likely N-dealkylation sites (tertiary alicyclic amines) is 1. The van der Waals surface area contributed by atoms with Gasteiger partial charge in [-0.15, -0.1) is 11.3 Å². The van der Waals surface area contributed by atoms with Crippen molar-refractivity contribution in [1.82, 2.24) is 14.9 Å². The van der Waals surface area contributed by atoms with Crippen molar-refractivity contribution in [3.05, 3.63) is 51.6 Å². The standard InChI is InChI=1S/C27H34ClN3O3S/c1-34-20-7-8-24-22(17-20)21(23(28)19-30-24)5-4-9-27(18-26(32)33)10-14-31(15-11-27)13-3-2-6-25-29-12-16-35-25/h7-8,12,16-17,19H,2-6,9-11,13-15,18H2,1H3,(H,32,33). The largest absolute Gasteiger partial charge is 0.497 e. The lowest BCUT2D eigenvalue weighted by Gasteiger charge is -2.41. The van der Waals surface area contributed by atoms with E-state index >= 15 is 0 Å². The topological polar surface area (TPSA) is 75.6 Å². The molecule has 6 nitrogen and oxygen atoms in total. The van der Waals surface area contributed by atoms with Gasteiger partial charge in [0.15, 0.2) is 0 Å². The number of carboxylic acid groups (broad SMARTS) is 1. The molecular weight excluding hydrogens is 482 g/mol. The number of pyridine rings is 1. The second kappa shape index (κ2) is 12.2. The highest BCUT2D eigenvalue weighted by atomic mass is 35.5. The highest BCUT2D eigenvalue weighted by Crippen LogP contribution is 2.40. The Balaban J connectivity index is 1.32. The van der Waals surface area contributed by atoms with E-state index in [1.165, 1.54) is 5.01 Å². The molecule has 1 aromatic carbocycles. The van der Waals surface area contributed by atoms with Crippen molar-refractivity contribution in [1.29, 1.82) is 0 Å². The molecule has 4 rings (SSSR count). The van der Waals surface area contributed by atoms with Crippen LogP contribution in [-0.2, 0) is 17.6 Å². The molecule has 0 spiro atoms. The van der Waals surface area contributed by atoms with E-state index in [0.717, 1.165) is 93.2 Å². The first-order valence-corrected chi connectivity index (χ1v) is 13.7. The zero-order valence-corrected chi connectivity index (χ0v) is 21.9. The van der Waals surface area contributed by atoms with Crippen molar-refractivity contribution in [3.63, 3.8) is 0 Å². The fraction of sp³-hybridized carbons (Fsp3) is 0.519. The third kappa shape index (κ3) is 6.93. The van der Waals surface area contributed by atoms with Gasteiger partial charge in [0.25, 0.3) is 0 Å². The highest BCUT2D eigenvalue weighted by molar-refractivity contribution is 7.09. The summed E-state index contributed by atoms with van der Waals surface area (Å²) < 4.78 is 5.40. The number of hydrogen-bond donors (Lipinski definition) is 1. The fourth-order valence-corrected chi connectivity index (χ4v) is 6.21. The van der Waals surface area contributed by atoms with E-state index in [0.29, 0.717) is 5.02 Å². The van der Waals surface area contributed by atoms with Crippen LogP contribution < -0.4 is 4.74 Å². The minimum absolute atomic E-state index is 0.143. The lowest BCUT2D eigenvalue weighted by molar-refractivity contribution is -0.140. The van der Waals surface area contributed by atoms with E-state index in [2.05, 4.69) is 14.9 Å². The summed E-state index contributed by atoms with van der Waals surface area (Å²) in [4.78, 5) is 23.1. The quantitative estimate of drug-likeness (QED) is 0.287. The Morgan fingerprint density at radius 1 is 1.20 bits per heavy atom. The molecule has 188 valence electrons. The first kappa shape index (κ1) is 25.9. The molecule has 1 aliphatic heterocycles. The van der Waals surface area contributed by atoms with E-state index in [-0.39, 0.29) is 11.8 Å². The number of unbranched alkanes of at least 4 members (excludes halogenated alkanes) is 1. The SMILES string of the molecule is COc1ccc2ncc(Cl)c(CCCC3(CC(=O)O)CCN(CCCCc4nccs4)CC3)c2c1. The molecule has 1 N–H and O–H groups in total. The summed E-state index contributed by atoms with van der Waals surface area (Å²) in [7, 11) is 1.65. The van der Waals surface area contributed by atoms with Crippen molar-refractivity contribution in [2.75, 3.05) is 26.7 Å². The van der Waals surface area contributed by atoms with Gasteiger partial charge in [-0.1, -0.05) is 11.6 Å². The number of benzene rings is 1. The second-order valence-electron chi connectivity index (χ2n) is 9.62. The van der Waals surface area contributed by atoms with Gasteiger partial charge in [-0.2, -0.15) is 0 Å². The maximum Gasteiger partial charge on any atom is 0.303 e. The predicted octanol–water partition coefficient (Wildman–Crippen LogP) is 6.26. The van der Waals surface area contributed by atoms with Crippen molar-refractivity contribution in [3.8, 4) is 5.75 Å². The van der Waals surface area contributed by atoms with Crippen molar-refractivity contribution in [2.24, 2.45) is 5.41 Å². The minimum atomic E-state index is -0.695. The average Bonchev–Trinajstić information content (AvgIpc) is 3.37. The van der Waals surface area contributed by atoms with Crippen molar-refractivity contribution >= 4 is 39.8 Å². The number of piperidine rings is 1. The number of thiazole rings is 1. The van der Waals surface area contributed by atoms with Crippen LogP contribution in [-0.4, -0.2) is 52.7 Å². The number of hydrogen-bond acceptors (Lipinski definition) is 6. The van der Waals surface area contributed by atoms with Gasteiger partial charge in [0, 0.05) is 23.2 Å². The highest BCUT2D eigenvalue weighted by Gasteiger charge is 2.36. The Hall–Kier alpha value is -2.22. The number of carbonyl (C=O) groups is 1. The van der Waals surface area contributed by atoms with E-state index in [1.807, 2.05) is 29.8 Å². The maximum absolute atomic E-state index is 11.7. The molecule has 8 heteroatoms. The number of methoxy groups -OCH3 is 1. The van der Waals surface area contributed by atoms with Crippen LogP contribution in [0.25, 0.3) is 10.9 Å². The number of halogens is 1. The lowest BCUT2D eigenvalue weighted by atomic mass is 9.72. The van der Waals surface area contributed by atoms with Gasteiger partial charge >= 0.3 is 5.97 Å². The van der Waals surface area contributed by atoms with Gasteiger partial charge in [-0.3, -0.25) is 9.78 Å². The number of nitrogens with zero attached hydrogens (tertiary/aromatic N) is 3. The third-order valence-corrected chi connectivity index (χ3v) is 8.47. The van der Waals surface area contributed by atoms with Gasteiger partial charge < -0.3 is 14.7 Å². The summed E-state index contributed by atoms with van der Waals surface area (Å²) >= 11 is 8.27. The Labute approximate surface area is 216 Å². The molecule has 1 aliphatic rings. The molecule has 0 aliphatic carbocycles. The summed E-state index contributed by atoms with van der Waals surface area (Å²) in [5.74, 6) is 0.0863. The van der Waals surface area contributed by atoms with Gasteiger partial charge in [0.1, 0.15) is 5.75 Å². The third-order valence-electron chi connectivity index (χ3n) is 7.31. The smallest absolute Gasteiger partial charge is 0.303 e. The van der Waals surface area contributed by atoms with Gasteiger partial charge in [0.2, 0.25) is 0 Å². The van der Waals surface area contributed by atoms with Crippen LogP contribution in [0.5, 0.6) is 5.75 Å². The van der Waals surface area contributed by atoms with Crippen molar-refractivity contribution in [2.45, 2.75) is 57.8 Å². The van der Waals surface area contributed by atoms with E-state index < -0.39 is 5.97 Å². The minimum Gasteiger partial charge on any atom is -0.497 e. The monoisotopic (exact) mass is 515 g/mol. The predicted molar refractivity (Wildman–Crippen MR) is 142 cm³/mol. The molecule has 0 radical (unpaired) electrons. The maximum atomic E-state index is 11.7. The molecule has 1 saturated heterocycles. The fourth-order valence-electron chi connectivity index (χ4n) is 5.30. The van der Waals surface area contributed by atoms with E-state index in [9.17, 15) is 9.90 Å². The summed E-state index contributed by atoms with van der Waals surface area (Å²) in [5.41, 5.74) is 1.82. The molecule has 1 fully saturated rings. The van der Waals surface area contributed by atoms with Crippen LogP contribution in [0, 0.1) is 5.41 Å². The first-order valence-electron chi connectivity index (χ1n) is 12.4. The Bertz CT molecular complexity index is 1110. The summed E-state index contributed by atoms with van der Waals surface area (Å²) in [6.07, 6.45) is 11.6. The number of aromatic nitrogens is 2. The number of carboxylic acids is 1. The molecule has 0 unspecified atom stereocenters. The van der Waals surface area contributed by atoms with Crippen LogP contribution in [0.4, 0.5) is 0 Å². The van der Waals surface area contributed by atoms with E-state index in [4.69, 9.17) is 16.3 Å². The van der Waals surface area contributed by atoms with Crippen LogP contribution >= 0.6 is 22.9 Å². The van der Waals surface area contributed by atoms with Gasteiger partial charge in [0.05, 0.1) is 29.1 Å². The van der Waals surface area contributed by atoms with Gasteiger partial charge in [-0.05, 0) is 100 Å². The van der Waals surface area contributed by atoms with Crippen LogP contribution in [0.1, 0.15) is 55.5 Å². The zero-order valence-electron chi connectivity index (χ0n) is 20.3. The Kier molecular flexibility index (Phi) is 8.98. The molecule has 3 heterocycles. The normalized spacial score (nSPS) is 15.9. The molecule has 0 saturated carbocycles. The number of rotatable bonds is 12. The molecule has 0 amide bonds. The molecule has 2 aromatic heterocycles. The number of ether oxygens (including phenoxy) is 1. The molecular formula is C27H34ClN3O3S. The molecule has 0 atom stereocenters. The summed E-state index contributed by atoms with van der Waals surface area (Å²) in [6.45, 7) is 3.02. The van der Waals surface area contributed by atoms with Crippen LogP contribution in [0.2, 0.25) is 5.02 Å². The van der Waals surface area contributed by atoms with Crippen molar-refractivity contribution < 1.29 is 14.6 Å². The first-order chi connectivity index (χ1) is 17.0. The number of aliphatic carboxylic acids is 1. The number of aryl methyl sites for hydroxylation is 2. The lowest BCUT2D eigenvalue weighted by Crippen LogP contribution is -2.41. The van der Waals surface area contributed by atoms with Crippen LogP contribution in [0.3, 0.4) is 0 Å². The average molecular weight is 516 g/mol. The van der Waals surface area contributed by atoms with Gasteiger partial charge in [-0.25, -0.2) is 4.98 Å². The zero-order chi connectivity index (χ0) is 24.7. The summed E-state index contributed by atoms with van der Waals surface area (Å²) in [6, 6.07) is 5.85.